The third-order valence-electron chi connectivity index (χ3n) is 7.50. The Morgan fingerprint density at radius 2 is 1.57 bits per heavy atom. The van der Waals surface area contributed by atoms with Gasteiger partial charge in [0.1, 0.15) is 12.3 Å². The average molecular weight is 406 g/mol. The fourth-order valence-electron chi connectivity index (χ4n) is 5.74. The van der Waals surface area contributed by atoms with Crippen molar-refractivity contribution < 1.29 is 9.69 Å². The lowest BCUT2D eigenvalue weighted by molar-refractivity contribution is -0.930. The molecule has 30 heavy (non-hydrogen) atoms. The largest absolute Gasteiger partial charge is 0.360 e. The molecular weight excluding hydrogens is 368 g/mol. The lowest BCUT2D eigenvalue weighted by Crippen LogP contribution is -3.14. The van der Waals surface area contributed by atoms with E-state index in [2.05, 4.69) is 49.9 Å². The Hall–Kier alpha value is -2.13. The van der Waals surface area contributed by atoms with E-state index >= 15 is 0 Å². The number of nitrogens with zero attached hydrogens (tertiary/aromatic N) is 1. The smallest absolute Gasteiger partial charge is 0.150 e. The summed E-state index contributed by atoms with van der Waals surface area (Å²) in [5.74, 6) is 0.788. The molecule has 2 aromatic rings. The van der Waals surface area contributed by atoms with Crippen molar-refractivity contribution >= 4 is 12.0 Å². The minimum absolute atomic E-state index is 0.534. The molecule has 2 fully saturated rings. The second kappa shape index (κ2) is 9.34. The first-order valence-corrected chi connectivity index (χ1v) is 11.8. The summed E-state index contributed by atoms with van der Waals surface area (Å²) in [4.78, 5) is 15.3. The van der Waals surface area contributed by atoms with E-state index in [0.29, 0.717) is 6.04 Å². The summed E-state index contributed by atoms with van der Waals surface area (Å²) in [7, 11) is 0. The number of anilines is 1. The van der Waals surface area contributed by atoms with E-state index in [9.17, 15) is 4.79 Å². The predicted octanol–water partition coefficient (Wildman–Crippen LogP) is 4.63. The van der Waals surface area contributed by atoms with Crippen LogP contribution in [0.2, 0.25) is 0 Å². The lowest BCUT2D eigenvalue weighted by atomic mass is 9.83. The highest BCUT2D eigenvalue weighted by Crippen LogP contribution is 2.33. The topological polar surface area (TPSA) is 24.8 Å². The Bertz CT molecular complexity index is 836. The summed E-state index contributed by atoms with van der Waals surface area (Å²) < 4.78 is 0. The Morgan fingerprint density at radius 1 is 0.967 bits per heavy atom. The van der Waals surface area contributed by atoms with Crippen LogP contribution in [0.15, 0.2) is 36.4 Å². The van der Waals surface area contributed by atoms with E-state index in [1.807, 2.05) is 12.1 Å². The molecule has 2 aliphatic rings. The Kier molecular flexibility index (Phi) is 6.58. The number of benzene rings is 2. The van der Waals surface area contributed by atoms with Crippen molar-refractivity contribution in [3.8, 4) is 0 Å². The molecule has 1 N–H and O–H groups in total. The van der Waals surface area contributed by atoms with E-state index < -0.39 is 0 Å². The molecule has 1 atom stereocenters. The van der Waals surface area contributed by atoms with Crippen LogP contribution in [0.5, 0.6) is 0 Å². The van der Waals surface area contributed by atoms with Gasteiger partial charge in [0.15, 0.2) is 0 Å². The number of carbonyl (C=O) groups excluding carboxylic acids is 1. The van der Waals surface area contributed by atoms with E-state index in [1.54, 1.807) is 10.5 Å². The Labute approximate surface area is 182 Å². The van der Waals surface area contributed by atoms with Gasteiger partial charge in [-0.05, 0) is 68.4 Å². The van der Waals surface area contributed by atoms with E-state index in [1.165, 1.54) is 54.5 Å². The fraction of sp³-hybridized carbons (Fsp3) is 0.519. The third-order valence-corrected chi connectivity index (χ3v) is 7.50. The lowest BCUT2D eigenvalue weighted by Gasteiger charge is -2.38. The highest BCUT2D eigenvalue weighted by molar-refractivity contribution is 5.78. The zero-order valence-corrected chi connectivity index (χ0v) is 18.9. The number of piperazine rings is 1. The Morgan fingerprint density at radius 3 is 2.13 bits per heavy atom. The number of quaternary nitrogens is 1. The maximum atomic E-state index is 11.1. The zero-order valence-electron chi connectivity index (χ0n) is 18.9. The molecular formula is C27H37N2O+. The first-order valence-electron chi connectivity index (χ1n) is 11.8. The van der Waals surface area contributed by atoms with Gasteiger partial charge in [-0.25, -0.2) is 0 Å². The normalized spacial score (nSPS) is 19.6. The molecule has 1 aliphatic carbocycles. The number of nitrogens with one attached hydrogen (secondary N) is 1. The molecule has 1 saturated carbocycles. The number of hydrogen-bond acceptors (Lipinski definition) is 2. The summed E-state index contributed by atoms with van der Waals surface area (Å²) >= 11 is 0. The number of hydrogen-bond donors (Lipinski definition) is 1. The van der Waals surface area contributed by atoms with Crippen molar-refractivity contribution in [2.45, 2.75) is 64.8 Å². The van der Waals surface area contributed by atoms with Crippen LogP contribution in [-0.2, 0) is 0 Å². The molecule has 1 aliphatic heterocycles. The fourth-order valence-corrected chi connectivity index (χ4v) is 5.74. The quantitative estimate of drug-likeness (QED) is 0.734. The van der Waals surface area contributed by atoms with E-state index in [4.69, 9.17) is 0 Å². The molecule has 0 amide bonds. The Balaban J connectivity index is 1.38. The minimum atomic E-state index is 0.534. The van der Waals surface area contributed by atoms with Crippen LogP contribution < -0.4 is 9.80 Å². The summed E-state index contributed by atoms with van der Waals surface area (Å²) in [5.41, 5.74) is 7.56. The number of carbonyl (C=O) groups is 1. The van der Waals surface area contributed by atoms with E-state index in [0.717, 1.165) is 43.9 Å². The molecule has 1 heterocycles. The van der Waals surface area contributed by atoms with Gasteiger partial charge in [0.25, 0.3) is 0 Å². The molecule has 0 bridgehead atoms. The number of rotatable bonds is 5. The van der Waals surface area contributed by atoms with Crippen molar-refractivity contribution in [3.63, 3.8) is 0 Å². The molecule has 2 aromatic carbocycles. The van der Waals surface area contributed by atoms with Crippen LogP contribution >= 0.6 is 0 Å². The summed E-state index contributed by atoms with van der Waals surface area (Å²) in [5, 5.41) is 0. The van der Waals surface area contributed by atoms with Crippen molar-refractivity contribution in [1.82, 2.24) is 0 Å². The van der Waals surface area contributed by atoms with Crippen molar-refractivity contribution in [2.75, 3.05) is 31.1 Å². The highest BCUT2D eigenvalue weighted by atomic mass is 16.1. The molecule has 0 radical (unpaired) electrons. The standard InChI is InChI=1S/C27H36N2O/c1-20-17-23(19-30)18-21(2)27(20)29-15-13-28(14-16-29)22(3)24-9-11-26(12-10-24)25-7-5-4-6-8-25/h9-12,17-19,22,25H,4-8,13-16H2,1-3H3/p+1/t22-/m0/s1. The zero-order chi connectivity index (χ0) is 21.1. The first-order chi connectivity index (χ1) is 14.6. The monoisotopic (exact) mass is 405 g/mol. The molecule has 4 rings (SSSR count). The number of aryl methyl sites for hydroxylation is 2. The summed E-state index contributed by atoms with van der Waals surface area (Å²) in [6.45, 7) is 11.1. The molecule has 0 spiro atoms. The second-order valence-corrected chi connectivity index (χ2v) is 9.49. The van der Waals surface area contributed by atoms with Crippen LogP contribution in [0, 0.1) is 13.8 Å². The van der Waals surface area contributed by atoms with Crippen LogP contribution in [-0.4, -0.2) is 32.5 Å². The summed E-state index contributed by atoms with van der Waals surface area (Å²) in [6, 6.07) is 14.2. The SMILES string of the molecule is Cc1cc(C=O)cc(C)c1N1CC[NH+]([C@@H](C)c2ccc(C3CCCCC3)cc2)CC1. The van der Waals surface area contributed by atoms with Gasteiger partial charge in [-0.15, -0.1) is 0 Å². The van der Waals surface area contributed by atoms with Crippen molar-refractivity contribution in [2.24, 2.45) is 0 Å². The van der Waals surface area contributed by atoms with Gasteiger partial charge < -0.3 is 9.80 Å². The summed E-state index contributed by atoms with van der Waals surface area (Å²) in [6.07, 6.45) is 7.90. The second-order valence-electron chi connectivity index (χ2n) is 9.49. The number of aldehydes is 1. The maximum absolute atomic E-state index is 11.1. The minimum Gasteiger partial charge on any atom is -0.360 e. The van der Waals surface area contributed by atoms with Gasteiger partial charge in [0.2, 0.25) is 0 Å². The van der Waals surface area contributed by atoms with Crippen LogP contribution in [0.1, 0.15) is 83.6 Å². The third kappa shape index (κ3) is 4.46. The van der Waals surface area contributed by atoms with Crippen LogP contribution in [0.3, 0.4) is 0 Å². The van der Waals surface area contributed by atoms with Crippen molar-refractivity contribution in [3.05, 3.63) is 64.2 Å². The van der Waals surface area contributed by atoms with E-state index in [-0.39, 0.29) is 0 Å². The van der Waals surface area contributed by atoms with Gasteiger partial charge in [-0.1, -0.05) is 43.5 Å². The van der Waals surface area contributed by atoms with Gasteiger partial charge in [-0.3, -0.25) is 4.79 Å². The molecule has 3 nitrogen and oxygen atoms in total. The molecule has 1 saturated heterocycles. The first kappa shape index (κ1) is 21.1. The highest BCUT2D eigenvalue weighted by Gasteiger charge is 2.27. The van der Waals surface area contributed by atoms with Crippen LogP contribution in [0.4, 0.5) is 5.69 Å². The van der Waals surface area contributed by atoms with Crippen LogP contribution in [0.25, 0.3) is 0 Å². The maximum Gasteiger partial charge on any atom is 0.150 e. The van der Waals surface area contributed by atoms with Gasteiger partial charge >= 0.3 is 0 Å². The molecule has 0 unspecified atom stereocenters. The van der Waals surface area contributed by atoms with Crippen molar-refractivity contribution in [1.29, 1.82) is 0 Å². The van der Waals surface area contributed by atoms with Gasteiger partial charge in [0.05, 0.1) is 26.2 Å². The molecule has 0 aromatic heterocycles. The van der Waals surface area contributed by atoms with Gasteiger partial charge in [0, 0.05) is 16.8 Å². The molecule has 160 valence electrons. The molecule has 3 heteroatoms. The predicted molar refractivity (Wildman–Crippen MR) is 125 cm³/mol. The van der Waals surface area contributed by atoms with Gasteiger partial charge in [-0.2, -0.15) is 0 Å². The average Bonchev–Trinajstić information content (AvgIpc) is 2.79.